The van der Waals surface area contributed by atoms with Gasteiger partial charge in [-0.3, -0.25) is 4.98 Å². The molecule has 94 valence electrons. The third-order valence-corrected chi connectivity index (χ3v) is 3.17. The van der Waals surface area contributed by atoms with E-state index in [0.717, 1.165) is 18.7 Å². The molecule has 6 heteroatoms. The predicted molar refractivity (Wildman–Crippen MR) is 66.5 cm³/mol. The van der Waals surface area contributed by atoms with Crippen molar-refractivity contribution in [3.05, 3.63) is 12.4 Å². The van der Waals surface area contributed by atoms with E-state index in [0.29, 0.717) is 18.4 Å². The molecule has 0 aliphatic heterocycles. The third kappa shape index (κ3) is 2.83. The zero-order valence-corrected chi connectivity index (χ0v) is 9.84. The van der Waals surface area contributed by atoms with Crippen LogP contribution in [0.2, 0.25) is 0 Å². The maximum Gasteiger partial charge on any atom is 0.160 e. The van der Waals surface area contributed by atoms with Gasteiger partial charge in [-0.05, 0) is 12.8 Å². The first-order valence-corrected chi connectivity index (χ1v) is 6.01. The van der Waals surface area contributed by atoms with E-state index in [9.17, 15) is 0 Å². The summed E-state index contributed by atoms with van der Waals surface area (Å²) in [6.07, 6.45) is 8.09. The molecule has 1 aromatic heterocycles. The smallest absolute Gasteiger partial charge is 0.160 e. The summed E-state index contributed by atoms with van der Waals surface area (Å²) in [7, 11) is 0. The molecule has 6 nitrogen and oxygen atoms in total. The van der Waals surface area contributed by atoms with Crippen LogP contribution in [0.5, 0.6) is 0 Å². The van der Waals surface area contributed by atoms with Crippen LogP contribution in [-0.2, 0) is 0 Å². The SMILES string of the molecule is NNc1cncc(N(CCO)C2CCCC2)n1. The third-order valence-electron chi connectivity index (χ3n) is 3.17. The molecule has 1 fully saturated rings. The summed E-state index contributed by atoms with van der Waals surface area (Å²) in [5.41, 5.74) is 2.49. The Morgan fingerprint density at radius 1 is 1.41 bits per heavy atom. The lowest BCUT2D eigenvalue weighted by molar-refractivity contribution is 0.297. The van der Waals surface area contributed by atoms with Crippen molar-refractivity contribution < 1.29 is 5.11 Å². The molecule has 0 spiro atoms. The van der Waals surface area contributed by atoms with Gasteiger partial charge in [0, 0.05) is 12.6 Å². The van der Waals surface area contributed by atoms with Crippen LogP contribution in [0.15, 0.2) is 12.4 Å². The molecule has 0 aromatic carbocycles. The van der Waals surface area contributed by atoms with Gasteiger partial charge in [-0.25, -0.2) is 10.8 Å². The van der Waals surface area contributed by atoms with Crippen molar-refractivity contribution in [3.63, 3.8) is 0 Å². The normalized spacial score (nSPS) is 16.1. The first-order chi connectivity index (χ1) is 8.35. The van der Waals surface area contributed by atoms with E-state index in [1.165, 1.54) is 12.8 Å². The molecule has 0 atom stereocenters. The number of nitrogen functional groups attached to an aromatic ring is 1. The predicted octanol–water partition coefficient (Wildman–Crippen LogP) is 0.503. The van der Waals surface area contributed by atoms with E-state index >= 15 is 0 Å². The van der Waals surface area contributed by atoms with Crippen LogP contribution in [0, 0.1) is 0 Å². The summed E-state index contributed by atoms with van der Waals surface area (Å²) in [4.78, 5) is 10.6. The second-order valence-corrected chi connectivity index (χ2v) is 4.26. The number of hydrogen-bond donors (Lipinski definition) is 3. The van der Waals surface area contributed by atoms with Crippen molar-refractivity contribution in [2.75, 3.05) is 23.5 Å². The molecule has 1 aromatic rings. The Kier molecular flexibility index (Phi) is 4.11. The first kappa shape index (κ1) is 12.1. The molecule has 4 N–H and O–H groups in total. The maximum absolute atomic E-state index is 9.15. The minimum absolute atomic E-state index is 0.123. The van der Waals surface area contributed by atoms with Gasteiger partial charge in [-0.2, -0.15) is 0 Å². The molecule has 2 rings (SSSR count). The van der Waals surface area contributed by atoms with Gasteiger partial charge < -0.3 is 15.4 Å². The molecule has 1 aliphatic carbocycles. The zero-order chi connectivity index (χ0) is 12.1. The van der Waals surface area contributed by atoms with Gasteiger partial charge in [0.1, 0.15) is 5.82 Å². The second-order valence-electron chi connectivity index (χ2n) is 4.26. The van der Waals surface area contributed by atoms with Crippen molar-refractivity contribution in [1.82, 2.24) is 9.97 Å². The van der Waals surface area contributed by atoms with Crippen LogP contribution in [0.1, 0.15) is 25.7 Å². The fourth-order valence-electron chi connectivity index (χ4n) is 2.37. The minimum Gasteiger partial charge on any atom is -0.395 e. The van der Waals surface area contributed by atoms with E-state index in [4.69, 9.17) is 10.9 Å². The Labute approximate surface area is 101 Å². The summed E-state index contributed by atoms with van der Waals surface area (Å²) in [6, 6.07) is 0.462. The highest BCUT2D eigenvalue weighted by Crippen LogP contribution is 2.26. The van der Waals surface area contributed by atoms with Crippen LogP contribution >= 0.6 is 0 Å². The highest BCUT2D eigenvalue weighted by atomic mass is 16.3. The van der Waals surface area contributed by atoms with Gasteiger partial charge in [0.15, 0.2) is 5.82 Å². The van der Waals surface area contributed by atoms with Crippen LogP contribution in [0.4, 0.5) is 11.6 Å². The number of rotatable bonds is 5. The highest BCUT2D eigenvalue weighted by molar-refractivity contribution is 5.44. The molecule has 0 bridgehead atoms. The van der Waals surface area contributed by atoms with Crippen LogP contribution in [-0.4, -0.2) is 34.3 Å². The maximum atomic E-state index is 9.15. The van der Waals surface area contributed by atoms with Crippen LogP contribution in [0.3, 0.4) is 0 Å². The Morgan fingerprint density at radius 3 is 2.82 bits per heavy atom. The molecule has 0 saturated heterocycles. The topological polar surface area (TPSA) is 87.3 Å². The van der Waals surface area contributed by atoms with Gasteiger partial charge in [-0.15, -0.1) is 0 Å². The largest absolute Gasteiger partial charge is 0.395 e. The van der Waals surface area contributed by atoms with Crippen LogP contribution < -0.4 is 16.2 Å². The van der Waals surface area contributed by atoms with Gasteiger partial charge in [0.05, 0.1) is 19.0 Å². The first-order valence-electron chi connectivity index (χ1n) is 6.01. The lowest BCUT2D eigenvalue weighted by atomic mass is 10.2. The van der Waals surface area contributed by atoms with Crippen molar-refractivity contribution >= 4 is 11.6 Å². The highest BCUT2D eigenvalue weighted by Gasteiger charge is 2.23. The average molecular weight is 237 g/mol. The van der Waals surface area contributed by atoms with Crippen molar-refractivity contribution in [2.45, 2.75) is 31.7 Å². The van der Waals surface area contributed by atoms with Gasteiger partial charge in [-0.1, -0.05) is 12.8 Å². The monoisotopic (exact) mass is 237 g/mol. The molecule has 1 heterocycles. The Bertz CT molecular complexity index is 353. The van der Waals surface area contributed by atoms with E-state index in [1.807, 2.05) is 0 Å². The molecule has 0 radical (unpaired) electrons. The van der Waals surface area contributed by atoms with Crippen molar-refractivity contribution in [1.29, 1.82) is 0 Å². The van der Waals surface area contributed by atoms with E-state index in [-0.39, 0.29) is 6.61 Å². The summed E-state index contributed by atoms with van der Waals surface area (Å²) < 4.78 is 0. The molecular weight excluding hydrogens is 218 g/mol. The molecule has 0 amide bonds. The Balaban J connectivity index is 2.18. The molecule has 1 aliphatic rings. The van der Waals surface area contributed by atoms with Gasteiger partial charge >= 0.3 is 0 Å². The van der Waals surface area contributed by atoms with Crippen molar-refractivity contribution in [3.8, 4) is 0 Å². The molecular formula is C11H19N5O. The number of nitrogens with zero attached hydrogens (tertiary/aromatic N) is 3. The molecule has 1 saturated carbocycles. The number of aliphatic hydroxyl groups is 1. The Hall–Kier alpha value is -1.40. The standard InChI is InChI=1S/C11H19N5O/c12-15-10-7-13-8-11(14-10)16(5-6-17)9-3-1-2-4-9/h7-9,17H,1-6,12H2,(H,14,15). The summed E-state index contributed by atoms with van der Waals surface area (Å²) in [5.74, 6) is 6.65. The summed E-state index contributed by atoms with van der Waals surface area (Å²) >= 11 is 0. The quantitative estimate of drug-likeness (QED) is 0.511. The van der Waals surface area contributed by atoms with Crippen LogP contribution in [0.25, 0.3) is 0 Å². The number of aliphatic hydroxyl groups excluding tert-OH is 1. The van der Waals surface area contributed by atoms with Gasteiger partial charge in [0.2, 0.25) is 0 Å². The number of nitrogens with two attached hydrogens (primary N) is 1. The van der Waals surface area contributed by atoms with Gasteiger partial charge in [0.25, 0.3) is 0 Å². The van der Waals surface area contributed by atoms with E-state index < -0.39 is 0 Å². The number of hydrazine groups is 1. The van der Waals surface area contributed by atoms with E-state index in [1.54, 1.807) is 12.4 Å². The number of nitrogens with one attached hydrogen (secondary N) is 1. The lowest BCUT2D eigenvalue weighted by Crippen LogP contribution is -2.36. The summed E-state index contributed by atoms with van der Waals surface area (Å²) in [6.45, 7) is 0.714. The minimum atomic E-state index is 0.123. The Morgan fingerprint density at radius 2 is 2.18 bits per heavy atom. The summed E-state index contributed by atoms with van der Waals surface area (Å²) in [5, 5.41) is 9.15. The fraction of sp³-hybridized carbons (Fsp3) is 0.636. The number of aromatic nitrogens is 2. The second kappa shape index (κ2) is 5.79. The zero-order valence-electron chi connectivity index (χ0n) is 9.84. The molecule has 0 unspecified atom stereocenters. The number of anilines is 2. The lowest BCUT2D eigenvalue weighted by Gasteiger charge is -2.29. The molecule has 17 heavy (non-hydrogen) atoms. The number of hydrogen-bond acceptors (Lipinski definition) is 6. The average Bonchev–Trinajstić information content (AvgIpc) is 2.89. The fourth-order valence-corrected chi connectivity index (χ4v) is 2.37. The van der Waals surface area contributed by atoms with Crippen molar-refractivity contribution in [2.24, 2.45) is 5.84 Å². The van der Waals surface area contributed by atoms with E-state index in [2.05, 4.69) is 20.3 Å².